The van der Waals surface area contributed by atoms with Crippen LogP contribution in [0.3, 0.4) is 0 Å². The monoisotopic (exact) mass is 322 g/mol. The zero-order valence-electron chi connectivity index (χ0n) is 9.89. The van der Waals surface area contributed by atoms with Crippen molar-refractivity contribution in [2.75, 3.05) is 17.2 Å². The first kappa shape index (κ1) is 13.5. The molecule has 0 radical (unpaired) electrons. The van der Waals surface area contributed by atoms with Crippen LogP contribution in [0.15, 0.2) is 16.6 Å². The lowest BCUT2D eigenvalue weighted by atomic mass is 10.1. The molecule has 2 nitrogen and oxygen atoms in total. The highest BCUT2D eigenvalue weighted by Gasteiger charge is 2.38. The Bertz CT molecular complexity index is 455. The second kappa shape index (κ2) is 4.64. The first-order valence-corrected chi connectivity index (χ1v) is 6.46. The minimum atomic E-state index is -4.20. The zero-order valence-corrected chi connectivity index (χ0v) is 11.5. The van der Waals surface area contributed by atoms with Gasteiger partial charge in [-0.15, -0.1) is 0 Å². The van der Waals surface area contributed by atoms with Gasteiger partial charge in [-0.3, -0.25) is 0 Å². The molecule has 1 saturated carbocycles. The van der Waals surface area contributed by atoms with Gasteiger partial charge in [-0.2, -0.15) is 13.2 Å². The molecule has 0 bridgehead atoms. The molecule has 1 aromatic rings. The van der Waals surface area contributed by atoms with E-state index in [0.29, 0.717) is 15.8 Å². The molecular weight excluding hydrogens is 309 g/mol. The summed E-state index contributed by atoms with van der Waals surface area (Å²) >= 11 is 3.30. The quantitative estimate of drug-likeness (QED) is 0.856. The zero-order chi connectivity index (χ0) is 13.5. The van der Waals surface area contributed by atoms with Crippen LogP contribution in [0.25, 0.3) is 0 Å². The molecule has 0 heterocycles. The molecule has 6 heteroatoms. The number of hydrogen-bond donors (Lipinski definition) is 1. The highest BCUT2D eigenvalue weighted by atomic mass is 79.9. The van der Waals surface area contributed by atoms with Crippen molar-refractivity contribution in [1.29, 1.82) is 0 Å². The van der Waals surface area contributed by atoms with E-state index in [9.17, 15) is 13.2 Å². The van der Waals surface area contributed by atoms with Crippen LogP contribution in [0.4, 0.5) is 24.5 Å². The molecule has 100 valence electrons. The Kier molecular flexibility index (Phi) is 3.49. The third kappa shape index (κ3) is 3.10. The lowest BCUT2D eigenvalue weighted by molar-refractivity contribution is -0.120. The van der Waals surface area contributed by atoms with Gasteiger partial charge in [0.1, 0.15) is 6.54 Å². The number of hydrogen-bond acceptors (Lipinski definition) is 2. The Labute approximate surface area is 112 Å². The van der Waals surface area contributed by atoms with Crippen molar-refractivity contribution in [2.24, 2.45) is 0 Å². The maximum Gasteiger partial charge on any atom is 0.405 e. The van der Waals surface area contributed by atoms with Crippen LogP contribution in [-0.2, 0) is 0 Å². The Balaban J connectivity index is 2.34. The van der Waals surface area contributed by atoms with Crippen molar-refractivity contribution >= 4 is 27.3 Å². The van der Waals surface area contributed by atoms with Crippen LogP contribution in [0, 0.1) is 6.92 Å². The average molecular weight is 323 g/mol. The molecular formula is C12H14BrF3N2. The van der Waals surface area contributed by atoms with Crippen LogP contribution >= 0.6 is 15.9 Å². The van der Waals surface area contributed by atoms with E-state index in [-0.39, 0.29) is 6.04 Å². The normalized spacial score (nSPS) is 15.8. The van der Waals surface area contributed by atoms with Crippen molar-refractivity contribution in [2.45, 2.75) is 32.0 Å². The van der Waals surface area contributed by atoms with E-state index in [0.717, 1.165) is 18.4 Å². The number of nitrogens with two attached hydrogens (primary N) is 1. The van der Waals surface area contributed by atoms with Crippen LogP contribution in [0.1, 0.15) is 18.4 Å². The second-order valence-electron chi connectivity index (χ2n) is 4.63. The molecule has 1 aliphatic carbocycles. The maximum atomic E-state index is 12.6. The summed E-state index contributed by atoms with van der Waals surface area (Å²) in [5, 5.41) is 0. The molecule has 0 unspecified atom stereocenters. The van der Waals surface area contributed by atoms with Crippen molar-refractivity contribution in [3.8, 4) is 0 Å². The number of benzene rings is 1. The van der Waals surface area contributed by atoms with Crippen molar-refractivity contribution in [3.05, 3.63) is 22.2 Å². The van der Waals surface area contributed by atoms with Crippen LogP contribution in [0.2, 0.25) is 0 Å². The van der Waals surface area contributed by atoms with Crippen molar-refractivity contribution in [1.82, 2.24) is 0 Å². The van der Waals surface area contributed by atoms with Gasteiger partial charge in [-0.05, 0) is 53.4 Å². The summed E-state index contributed by atoms with van der Waals surface area (Å²) in [6, 6.07) is 3.37. The van der Waals surface area contributed by atoms with Crippen molar-refractivity contribution in [3.63, 3.8) is 0 Å². The highest BCUT2D eigenvalue weighted by Crippen LogP contribution is 2.39. The predicted molar refractivity (Wildman–Crippen MR) is 69.7 cm³/mol. The van der Waals surface area contributed by atoms with Crippen molar-refractivity contribution < 1.29 is 13.2 Å². The van der Waals surface area contributed by atoms with Crippen LogP contribution < -0.4 is 10.6 Å². The smallest absolute Gasteiger partial charge is 0.398 e. The highest BCUT2D eigenvalue weighted by molar-refractivity contribution is 9.10. The summed E-state index contributed by atoms with van der Waals surface area (Å²) in [4.78, 5) is 1.41. The van der Waals surface area contributed by atoms with Gasteiger partial charge in [0.05, 0.1) is 5.69 Å². The second-order valence-corrected chi connectivity index (χ2v) is 5.49. The maximum absolute atomic E-state index is 12.6. The largest absolute Gasteiger partial charge is 0.405 e. The number of alkyl halides is 3. The molecule has 2 rings (SSSR count). The fraction of sp³-hybridized carbons (Fsp3) is 0.500. The van der Waals surface area contributed by atoms with Gasteiger partial charge in [0.2, 0.25) is 0 Å². The topological polar surface area (TPSA) is 29.3 Å². The van der Waals surface area contributed by atoms with E-state index in [4.69, 9.17) is 5.73 Å². The number of nitrogen functional groups attached to an aromatic ring is 1. The summed E-state index contributed by atoms with van der Waals surface area (Å²) in [5.74, 6) is 0. The number of halogens is 4. The summed E-state index contributed by atoms with van der Waals surface area (Å²) in [6.45, 7) is 0.879. The number of anilines is 2. The molecule has 0 amide bonds. The summed E-state index contributed by atoms with van der Waals surface area (Å²) in [6.07, 6.45) is -2.57. The molecule has 1 aliphatic rings. The molecule has 0 aliphatic heterocycles. The SMILES string of the molecule is Cc1cc(N(CC(F)(F)F)C2CC2)c(Br)cc1N. The molecule has 18 heavy (non-hydrogen) atoms. The Morgan fingerprint density at radius 3 is 2.50 bits per heavy atom. The molecule has 0 aromatic heterocycles. The fourth-order valence-electron chi connectivity index (χ4n) is 1.89. The fourth-order valence-corrected chi connectivity index (χ4v) is 2.48. The minimum Gasteiger partial charge on any atom is -0.398 e. The third-order valence-electron chi connectivity index (χ3n) is 2.98. The van der Waals surface area contributed by atoms with Gasteiger partial charge >= 0.3 is 6.18 Å². The summed E-state index contributed by atoms with van der Waals surface area (Å²) in [7, 11) is 0. The lowest BCUT2D eigenvalue weighted by Gasteiger charge is -2.27. The Morgan fingerprint density at radius 1 is 1.39 bits per heavy atom. The van der Waals surface area contributed by atoms with E-state index < -0.39 is 12.7 Å². The standard InChI is InChI=1S/C12H14BrF3N2/c1-7-4-11(9(13)5-10(7)17)18(8-2-3-8)6-12(14,15)16/h4-5,8H,2-3,6,17H2,1H3. The van der Waals surface area contributed by atoms with Gasteiger partial charge in [0, 0.05) is 16.2 Å². The number of nitrogens with zero attached hydrogens (tertiary/aromatic N) is 1. The summed E-state index contributed by atoms with van der Waals surface area (Å²) < 4.78 is 38.4. The van der Waals surface area contributed by atoms with Gasteiger partial charge in [0.25, 0.3) is 0 Å². The molecule has 2 N–H and O–H groups in total. The average Bonchev–Trinajstić information content (AvgIpc) is 3.02. The molecule has 1 aromatic carbocycles. The van der Waals surface area contributed by atoms with E-state index >= 15 is 0 Å². The van der Waals surface area contributed by atoms with E-state index in [1.54, 1.807) is 19.1 Å². The van der Waals surface area contributed by atoms with E-state index in [1.807, 2.05) is 0 Å². The summed E-state index contributed by atoms with van der Waals surface area (Å²) in [5.41, 5.74) is 7.68. The predicted octanol–water partition coefficient (Wildman–Crippen LogP) is 3.87. The molecule has 1 fully saturated rings. The Hall–Kier alpha value is -0.910. The third-order valence-corrected chi connectivity index (χ3v) is 3.62. The number of rotatable bonds is 3. The van der Waals surface area contributed by atoms with Gasteiger partial charge in [0.15, 0.2) is 0 Å². The van der Waals surface area contributed by atoms with E-state index in [1.165, 1.54) is 4.90 Å². The first-order valence-electron chi connectivity index (χ1n) is 5.67. The van der Waals surface area contributed by atoms with E-state index in [2.05, 4.69) is 15.9 Å². The Morgan fingerprint density at radius 2 is 2.00 bits per heavy atom. The van der Waals surface area contributed by atoms with Crippen LogP contribution in [-0.4, -0.2) is 18.8 Å². The minimum absolute atomic E-state index is 0.00838. The van der Waals surface area contributed by atoms with Gasteiger partial charge in [-0.1, -0.05) is 0 Å². The van der Waals surface area contributed by atoms with Gasteiger partial charge in [-0.25, -0.2) is 0 Å². The number of aryl methyl sites for hydroxylation is 1. The lowest BCUT2D eigenvalue weighted by Crippen LogP contribution is -2.36. The molecule has 0 saturated heterocycles. The van der Waals surface area contributed by atoms with Crippen LogP contribution in [0.5, 0.6) is 0 Å². The van der Waals surface area contributed by atoms with Gasteiger partial charge < -0.3 is 10.6 Å². The molecule has 0 atom stereocenters. The first-order chi connectivity index (χ1) is 8.28. The molecule has 0 spiro atoms.